The number of carbonyl (C=O) groups is 2. The maximum absolute atomic E-state index is 11.8. The first-order valence-electron chi connectivity index (χ1n) is 8.97. The summed E-state index contributed by atoms with van der Waals surface area (Å²) in [5.41, 5.74) is -0.505. The first-order valence-corrected chi connectivity index (χ1v) is 11.9. The zero-order chi connectivity index (χ0) is 18.2. The third kappa shape index (κ3) is 3.85. The molecule has 1 aliphatic carbocycles. The molecule has 1 saturated heterocycles. The highest BCUT2D eigenvalue weighted by Gasteiger charge is 2.57. The minimum absolute atomic E-state index is 0.0841. The summed E-state index contributed by atoms with van der Waals surface area (Å²) >= 11 is 0. The maximum Gasteiger partial charge on any atom is 0.306 e. The van der Waals surface area contributed by atoms with Crippen LogP contribution in [0.25, 0.3) is 0 Å². The van der Waals surface area contributed by atoms with Crippen LogP contribution in [0.1, 0.15) is 53.4 Å². The van der Waals surface area contributed by atoms with Crippen LogP contribution < -0.4 is 0 Å². The molecule has 2 rings (SSSR count). The van der Waals surface area contributed by atoms with Crippen molar-refractivity contribution in [2.75, 3.05) is 13.2 Å². The van der Waals surface area contributed by atoms with Crippen LogP contribution in [0.3, 0.4) is 0 Å². The lowest BCUT2D eigenvalue weighted by Crippen LogP contribution is -2.47. The molecule has 1 aliphatic heterocycles. The van der Waals surface area contributed by atoms with Gasteiger partial charge in [-0.2, -0.15) is 0 Å². The number of rotatable bonds is 5. The topological polar surface area (TPSA) is 61.8 Å². The Hall–Kier alpha value is -0.883. The molecule has 0 aromatic rings. The zero-order valence-corrected chi connectivity index (χ0v) is 16.9. The summed E-state index contributed by atoms with van der Waals surface area (Å²) in [6, 6.07) is 0. The van der Waals surface area contributed by atoms with E-state index in [0.717, 1.165) is 12.8 Å². The van der Waals surface area contributed by atoms with E-state index in [1.54, 1.807) is 0 Å². The summed E-state index contributed by atoms with van der Waals surface area (Å²) in [5.74, 6) is -0.142. The highest BCUT2D eigenvalue weighted by Crippen LogP contribution is 2.50. The molecular weight excluding hydrogens is 324 g/mol. The van der Waals surface area contributed by atoms with Crippen LogP contribution in [0.15, 0.2) is 0 Å². The van der Waals surface area contributed by atoms with Gasteiger partial charge in [0.25, 0.3) is 0 Å². The van der Waals surface area contributed by atoms with E-state index in [4.69, 9.17) is 13.9 Å². The van der Waals surface area contributed by atoms with Crippen molar-refractivity contribution in [3.05, 3.63) is 0 Å². The van der Waals surface area contributed by atoms with Gasteiger partial charge in [-0.25, -0.2) is 0 Å². The van der Waals surface area contributed by atoms with Gasteiger partial charge in [-0.3, -0.25) is 9.59 Å². The Balaban J connectivity index is 2.09. The van der Waals surface area contributed by atoms with Crippen LogP contribution in [-0.2, 0) is 23.5 Å². The molecule has 1 saturated carbocycles. The van der Waals surface area contributed by atoms with Crippen molar-refractivity contribution in [1.29, 1.82) is 0 Å². The van der Waals surface area contributed by atoms with Crippen molar-refractivity contribution in [1.82, 2.24) is 0 Å². The summed E-state index contributed by atoms with van der Waals surface area (Å²) in [6.07, 6.45) is 3.02. The van der Waals surface area contributed by atoms with Gasteiger partial charge < -0.3 is 13.9 Å². The number of esters is 2. The molecule has 138 valence electrons. The zero-order valence-electron chi connectivity index (χ0n) is 15.9. The second kappa shape index (κ2) is 6.79. The fourth-order valence-electron chi connectivity index (χ4n) is 3.60. The number of carbonyl (C=O) groups excluding carboxylic acids is 2. The predicted molar refractivity (Wildman–Crippen MR) is 94.1 cm³/mol. The van der Waals surface area contributed by atoms with E-state index >= 15 is 0 Å². The number of hydrogen-bond donors (Lipinski definition) is 0. The van der Waals surface area contributed by atoms with Crippen molar-refractivity contribution in [3.63, 3.8) is 0 Å². The fourth-order valence-corrected chi connectivity index (χ4v) is 4.65. The fraction of sp³-hybridized carbons (Fsp3) is 0.889. The molecule has 1 heterocycles. The lowest BCUT2D eigenvalue weighted by molar-refractivity contribution is -0.160. The summed E-state index contributed by atoms with van der Waals surface area (Å²) in [7, 11) is -1.84. The van der Waals surface area contributed by atoms with Gasteiger partial charge in [0.05, 0.1) is 6.61 Å². The predicted octanol–water partition coefficient (Wildman–Crippen LogP) is 3.67. The van der Waals surface area contributed by atoms with Gasteiger partial charge >= 0.3 is 11.9 Å². The van der Waals surface area contributed by atoms with Gasteiger partial charge in [0.15, 0.2) is 8.32 Å². The normalized spacial score (nSPS) is 30.7. The van der Waals surface area contributed by atoms with Crippen molar-refractivity contribution < 1.29 is 23.5 Å². The van der Waals surface area contributed by atoms with E-state index in [9.17, 15) is 9.59 Å². The molecule has 5 nitrogen and oxygen atoms in total. The Kier molecular flexibility index (Phi) is 5.50. The molecule has 0 unspecified atom stereocenters. The molecule has 0 aromatic heterocycles. The van der Waals surface area contributed by atoms with Gasteiger partial charge in [-0.15, -0.1) is 0 Å². The largest absolute Gasteiger partial charge is 0.465 e. The van der Waals surface area contributed by atoms with E-state index in [1.165, 1.54) is 6.92 Å². The summed E-state index contributed by atoms with van der Waals surface area (Å²) in [5, 5.41) is 0.155. The van der Waals surface area contributed by atoms with E-state index in [-0.39, 0.29) is 28.8 Å². The maximum atomic E-state index is 11.8. The first-order chi connectivity index (χ1) is 11.0. The molecule has 0 radical (unpaired) electrons. The first kappa shape index (κ1) is 19.4. The van der Waals surface area contributed by atoms with E-state index < -0.39 is 13.9 Å². The molecule has 1 spiro atoms. The van der Waals surface area contributed by atoms with Crippen LogP contribution in [0.2, 0.25) is 18.1 Å². The smallest absolute Gasteiger partial charge is 0.306 e. The second-order valence-electron chi connectivity index (χ2n) is 8.77. The lowest BCUT2D eigenvalue weighted by Gasteiger charge is -2.40. The Morgan fingerprint density at radius 1 is 1.25 bits per heavy atom. The SMILES string of the molecule is CC(=O)OC[C@H]1CC[C@@H](CO[Si](C)(C)C(C)(C)C)[C@@]12CCC(=O)O2. The van der Waals surface area contributed by atoms with E-state index in [2.05, 4.69) is 33.9 Å². The number of hydrogen-bond acceptors (Lipinski definition) is 5. The van der Waals surface area contributed by atoms with Crippen LogP contribution >= 0.6 is 0 Å². The van der Waals surface area contributed by atoms with Crippen LogP contribution in [-0.4, -0.2) is 39.1 Å². The van der Waals surface area contributed by atoms with Gasteiger partial charge in [-0.05, 0) is 37.4 Å². The van der Waals surface area contributed by atoms with E-state index in [1.807, 2.05) is 0 Å². The van der Waals surface area contributed by atoms with Gasteiger partial charge in [0, 0.05) is 31.8 Å². The molecule has 3 atom stereocenters. The van der Waals surface area contributed by atoms with Crippen molar-refractivity contribution in [2.45, 2.75) is 77.1 Å². The van der Waals surface area contributed by atoms with Gasteiger partial charge in [0.2, 0.25) is 0 Å². The second-order valence-corrected chi connectivity index (χ2v) is 13.6. The van der Waals surface area contributed by atoms with Crippen LogP contribution in [0.4, 0.5) is 0 Å². The lowest BCUT2D eigenvalue weighted by atomic mass is 9.82. The van der Waals surface area contributed by atoms with Crippen LogP contribution in [0.5, 0.6) is 0 Å². The molecule has 0 amide bonds. The minimum atomic E-state index is -1.84. The highest BCUT2D eigenvalue weighted by atomic mass is 28.4. The third-order valence-corrected chi connectivity index (χ3v) is 10.7. The van der Waals surface area contributed by atoms with Crippen molar-refractivity contribution in [3.8, 4) is 0 Å². The molecular formula is C18H32O5Si. The quantitative estimate of drug-likeness (QED) is 0.555. The van der Waals surface area contributed by atoms with Gasteiger partial charge in [-0.1, -0.05) is 20.8 Å². The molecule has 2 aliphatic rings. The average molecular weight is 357 g/mol. The minimum Gasteiger partial charge on any atom is -0.465 e. The van der Waals surface area contributed by atoms with Crippen molar-refractivity contribution in [2.24, 2.45) is 11.8 Å². The standard InChI is InChI=1S/C18H32O5Si/c1-13(19)21-11-14-7-8-15(18(14)10-9-16(20)23-18)12-22-24(5,6)17(2,3)4/h14-15H,7-12H2,1-6H3/t14-,15+,18-/m1/s1. The number of ether oxygens (including phenoxy) is 2. The highest BCUT2D eigenvalue weighted by molar-refractivity contribution is 6.74. The molecule has 24 heavy (non-hydrogen) atoms. The monoisotopic (exact) mass is 356 g/mol. The molecule has 0 aromatic carbocycles. The Bertz CT molecular complexity index is 496. The van der Waals surface area contributed by atoms with Gasteiger partial charge in [0.1, 0.15) is 5.60 Å². The summed E-state index contributed by atoms with van der Waals surface area (Å²) < 4.78 is 17.5. The third-order valence-electron chi connectivity index (χ3n) is 6.21. The summed E-state index contributed by atoms with van der Waals surface area (Å²) in [6.45, 7) is 13.5. The molecule has 2 fully saturated rings. The Morgan fingerprint density at radius 2 is 1.83 bits per heavy atom. The Morgan fingerprint density at radius 3 is 2.29 bits per heavy atom. The average Bonchev–Trinajstić information content (AvgIpc) is 2.98. The van der Waals surface area contributed by atoms with Crippen LogP contribution in [0, 0.1) is 11.8 Å². The molecule has 0 N–H and O–H groups in total. The van der Waals surface area contributed by atoms with Crippen molar-refractivity contribution >= 4 is 20.3 Å². The van der Waals surface area contributed by atoms with E-state index in [0.29, 0.717) is 26.1 Å². The Labute approximate surface area is 146 Å². The molecule has 6 heteroatoms. The summed E-state index contributed by atoms with van der Waals surface area (Å²) in [4.78, 5) is 23.0. The molecule has 0 bridgehead atoms.